The van der Waals surface area contributed by atoms with Crippen LogP contribution in [0.15, 0.2) is 6.07 Å². The predicted octanol–water partition coefficient (Wildman–Crippen LogP) is 0.382. The fourth-order valence-corrected chi connectivity index (χ4v) is 2.03. The zero-order valence-electron chi connectivity index (χ0n) is 11.4. The first-order chi connectivity index (χ1) is 9.21. The number of hydrogen-bond donors (Lipinski definition) is 2. The second kappa shape index (κ2) is 6.65. The molecule has 106 valence electrons. The average molecular weight is 267 g/mol. The molecule has 1 unspecified atom stereocenters. The van der Waals surface area contributed by atoms with E-state index in [-0.39, 0.29) is 6.10 Å². The normalized spacial score (nSPS) is 19.6. The van der Waals surface area contributed by atoms with Gasteiger partial charge in [-0.25, -0.2) is 10.8 Å². The molecule has 0 spiro atoms. The smallest absolute Gasteiger partial charge is 0.219 e. The van der Waals surface area contributed by atoms with Gasteiger partial charge in [0.05, 0.1) is 0 Å². The molecule has 2 rings (SSSR count). The lowest BCUT2D eigenvalue weighted by atomic mass is 10.3. The topological polar surface area (TPSA) is 85.5 Å². The van der Waals surface area contributed by atoms with Gasteiger partial charge in [-0.15, -0.1) is 0 Å². The van der Waals surface area contributed by atoms with Gasteiger partial charge in [-0.3, -0.25) is 0 Å². The molecule has 1 fully saturated rings. The number of nitrogens with zero attached hydrogens (tertiary/aromatic N) is 3. The molecule has 0 radical (unpaired) electrons. The molecule has 1 saturated heterocycles. The molecular formula is C12H21N5O2. The summed E-state index contributed by atoms with van der Waals surface area (Å²) in [5, 5.41) is 0. The number of nitrogen functional groups attached to an aromatic ring is 1. The number of nitrogens with one attached hydrogen (secondary N) is 1. The summed E-state index contributed by atoms with van der Waals surface area (Å²) in [6.45, 7) is 4.86. The van der Waals surface area contributed by atoms with E-state index in [4.69, 9.17) is 15.3 Å². The third-order valence-electron chi connectivity index (χ3n) is 2.97. The molecule has 1 atom stereocenters. The Labute approximate surface area is 113 Å². The van der Waals surface area contributed by atoms with Gasteiger partial charge in [0.1, 0.15) is 18.5 Å². The van der Waals surface area contributed by atoms with Crippen molar-refractivity contribution in [3.63, 3.8) is 0 Å². The minimum atomic E-state index is 0.172. The van der Waals surface area contributed by atoms with E-state index in [1.165, 1.54) is 0 Å². The summed E-state index contributed by atoms with van der Waals surface area (Å²) >= 11 is 0. The zero-order chi connectivity index (χ0) is 13.7. The number of likely N-dealkylation sites (N-methyl/N-ethyl adjacent to an activating group) is 1. The molecule has 0 bridgehead atoms. The van der Waals surface area contributed by atoms with Gasteiger partial charge in [0.15, 0.2) is 5.82 Å². The van der Waals surface area contributed by atoms with Crippen molar-refractivity contribution in [3.8, 4) is 5.88 Å². The Morgan fingerprint density at radius 2 is 2.37 bits per heavy atom. The lowest BCUT2D eigenvalue weighted by molar-refractivity contribution is 0.126. The monoisotopic (exact) mass is 267 g/mol. The number of anilines is 1. The predicted molar refractivity (Wildman–Crippen MR) is 71.7 cm³/mol. The molecule has 0 saturated carbocycles. The molecule has 0 aliphatic carbocycles. The summed E-state index contributed by atoms with van der Waals surface area (Å²) in [6.07, 6.45) is 1.18. The van der Waals surface area contributed by atoms with Crippen molar-refractivity contribution in [2.24, 2.45) is 5.84 Å². The zero-order valence-corrected chi connectivity index (χ0v) is 11.4. The average Bonchev–Trinajstić information content (AvgIpc) is 2.81. The largest absolute Gasteiger partial charge is 0.473 e. The highest BCUT2D eigenvalue weighted by molar-refractivity contribution is 5.37. The molecule has 0 amide bonds. The highest BCUT2D eigenvalue weighted by Gasteiger charge is 2.21. The van der Waals surface area contributed by atoms with Crippen LogP contribution in [0.25, 0.3) is 0 Å². The maximum Gasteiger partial charge on any atom is 0.219 e. The number of ether oxygens (including phenoxy) is 2. The highest BCUT2D eigenvalue weighted by atomic mass is 16.5. The van der Waals surface area contributed by atoms with E-state index in [0.717, 1.165) is 19.5 Å². The number of likely N-dealkylation sites (tertiary alicyclic amines) is 1. The van der Waals surface area contributed by atoms with Gasteiger partial charge in [0.2, 0.25) is 5.88 Å². The summed E-state index contributed by atoms with van der Waals surface area (Å²) < 4.78 is 11.2. The number of aromatic nitrogens is 2. The molecule has 1 aromatic rings. The molecule has 19 heavy (non-hydrogen) atoms. The van der Waals surface area contributed by atoms with Crippen molar-refractivity contribution in [3.05, 3.63) is 11.9 Å². The highest BCUT2D eigenvalue weighted by Crippen LogP contribution is 2.18. The molecule has 7 nitrogen and oxygen atoms in total. The third-order valence-corrected chi connectivity index (χ3v) is 2.97. The third kappa shape index (κ3) is 4.02. The van der Waals surface area contributed by atoms with Crippen LogP contribution in [0.5, 0.6) is 5.88 Å². The van der Waals surface area contributed by atoms with Crippen molar-refractivity contribution in [2.45, 2.75) is 26.1 Å². The second-order valence-corrected chi connectivity index (χ2v) is 4.58. The van der Waals surface area contributed by atoms with Crippen LogP contribution in [-0.2, 0) is 11.3 Å². The van der Waals surface area contributed by atoms with Crippen molar-refractivity contribution < 1.29 is 9.47 Å². The second-order valence-electron chi connectivity index (χ2n) is 4.58. The summed E-state index contributed by atoms with van der Waals surface area (Å²) in [6, 6.07) is 1.70. The van der Waals surface area contributed by atoms with E-state index in [9.17, 15) is 0 Å². The number of hydrogen-bond acceptors (Lipinski definition) is 7. The van der Waals surface area contributed by atoms with Crippen molar-refractivity contribution >= 4 is 5.82 Å². The number of hydrazine groups is 1. The van der Waals surface area contributed by atoms with E-state index in [0.29, 0.717) is 30.7 Å². The van der Waals surface area contributed by atoms with Crippen LogP contribution in [0, 0.1) is 0 Å². The van der Waals surface area contributed by atoms with Crippen molar-refractivity contribution in [1.29, 1.82) is 0 Å². The van der Waals surface area contributed by atoms with Crippen LogP contribution in [-0.4, -0.2) is 47.7 Å². The summed E-state index contributed by atoms with van der Waals surface area (Å²) in [4.78, 5) is 10.8. The maximum absolute atomic E-state index is 5.86. The van der Waals surface area contributed by atoms with Crippen LogP contribution >= 0.6 is 0 Å². The Bertz CT molecular complexity index is 415. The van der Waals surface area contributed by atoms with E-state index in [1.807, 2.05) is 6.92 Å². The van der Waals surface area contributed by atoms with Gasteiger partial charge in [0.25, 0.3) is 0 Å². The molecular weight excluding hydrogens is 246 g/mol. The van der Waals surface area contributed by atoms with E-state index >= 15 is 0 Å². The molecule has 3 N–H and O–H groups in total. The fourth-order valence-electron chi connectivity index (χ4n) is 2.03. The molecule has 1 aliphatic heterocycles. The minimum Gasteiger partial charge on any atom is -0.473 e. The quantitative estimate of drug-likeness (QED) is 0.569. The van der Waals surface area contributed by atoms with Crippen LogP contribution in [0.2, 0.25) is 0 Å². The first-order valence-electron chi connectivity index (χ1n) is 6.48. The maximum atomic E-state index is 5.86. The van der Waals surface area contributed by atoms with Crippen LogP contribution < -0.4 is 16.0 Å². The molecule has 0 aromatic carbocycles. The van der Waals surface area contributed by atoms with Crippen molar-refractivity contribution in [2.75, 3.05) is 32.2 Å². The van der Waals surface area contributed by atoms with E-state index < -0.39 is 0 Å². The fraction of sp³-hybridized carbons (Fsp3) is 0.667. The Hall–Kier alpha value is -1.44. The lowest BCUT2D eigenvalue weighted by Crippen LogP contribution is -2.22. The van der Waals surface area contributed by atoms with Gasteiger partial charge in [-0.2, -0.15) is 4.98 Å². The van der Waals surface area contributed by atoms with Crippen molar-refractivity contribution in [1.82, 2.24) is 14.9 Å². The van der Waals surface area contributed by atoms with E-state index in [2.05, 4.69) is 27.3 Å². The Morgan fingerprint density at radius 3 is 3.00 bits per heavy atom. The first-order valence-corrected chi connectivity index (χ1v) is 6.48. The van der Waals surface area contributed by atoms with Crippen LogP contribution in [0.1, 0.15) is 19.2 Å². The lowest BCUT2D eigenvalue weighted by Gasteiger charge is -2.14. The molecule has 1 aromatic heterocycles. The first kappa shape index (κ1) is 14.0. The number of nitrogens with two attached hydrogens (primary N) is 1. The molecule has 2 heterocycles. The standard InChI is InChI=1S/C12H21N5O2/c1-3-18-8-11-14-10(16-13)6-12(15-11)19-9-4-5-17(2)7-9/h6,9H,3-5,7-8,13H2,1-2H3,(H,14,15,16). The SMILES string of the molecule is CCOCc1nc(NN)cc(OC2CCN(C)C2)n1. The van der Waals surface area contributed by atoms with Gasteiger partial charge in [-0.05, 0) is 20.4 Å². The Morgan fingerprint density at radius 1 is 1.53 bits per heavy atom. The Balaban J connectivity index is 2.05. The summed E-state index contributed by atoms with van der Waals surface area (Å²) in [7, 11) is 2.08. The van der Waals surface area contributed by atoms with Crippen LogP contribution in [0.4, 0.5) is 5.82 Å². The van der Waals surface area contributed by atoms with Gasteiger partial charge < -0.3 is 19.8 Å². The molecule has 1 aliphatic rings. The minimum absolute atomic E-state index is 0.172. The Kier molecular flexibility index (Phi) is 4.89. The molecule has 7 heteroatoms. The summed E-state index contributed by atoms with van der Waals surface area (Å²) in [5.41, 5.74) is 2.52. The van der Waals surface area contributed by atoms with Crippen LogP contribution in [0.3, 0.4) is 0 Å². The van der Waals surface area contributed by atoms with Gasteiger partial charge >= 0.3 is 0 Å². The van der Waals surface area contributed by atoms with E-state index in [1.54, 1.807) is 6.07 Å². The van der Waals surface area contributed by atoms with Gasteiger partial charge in [-0.1, -0.05) is 0 Å². The van der Waals surface area contributed by atoms with Gasteiger partial charge in [0, 0.05) is 25.8 Å². The number of rotatable bonds is 6. The summed E-state index contributed by atoms with van der Waals surface area (Å²) in [5.74, 6) is 7.04.